The van der Waals surface area contributed by atoms with Gasteiger partial charge >= 0.3 is 0 Å². The van der Waals surface area contributed by atoms with Crippen molar-refractivity contribution in [2.45, 2.75) is 17.5 Å². The number of aromatic nitrogens is 3. The Morgan fingerprint density at radius 1 is 1.19 bits per heavy atom. The van der Waals surface area contributed by atoms with E-state index >= 15 is 0 Å². The van der Waals surface area contributed by atoms with E-state index in [2.05, 4.69) is 16.8 Å². The third kappa shape index (κ3) is 4.32. The lowest BCUT2D eigenvalue weighted by molar-refractivity contribution is -0.384. The number of nitro benzene ring substituents is 1. The molecule has 1 aromatic heterocycles. The fourth-order valence-electron chi connectivity index (χ4n) is 2.47. The van der Waals surface area contributed by atoms with Gasteiger partial charge in [0.05, 0.1) is 4.92 Å². The van der Waals surface area contributed by atoms with Crippen LogP contribution < -0.4 is 0 Å². The largest absolute Gasteiger partial charge is 0.298 e. The standard InChI is InChI=1S/C18H14Cl2N4O2S/c1-2-9-23-17(12-5-3-6-13(10-12)24(25)26)21-22-18(23)27-11-14-15(19)7-4-8-16(14)20/h2-8,10H,1,9,11H2. The number of rotatable bonds is 7. The van der Waals surface area contributed by atoms with Crippen LogP contribution in [0.1, 0.15) is 5.56 Å². The van der Waals surface area contributed by atoms with E-state index in [1.807, 2.05) is 4.57 Å². The fourth-order valence-corrected chi connectivity index (χ4v) is 4.16. The quantitative estimate of drug-likeness (QED) is 0.214. The van der Waals surface area contributed by atoms with E-state index in [0.717, 1.165) is 5.56 Å². The maximum absolute atomic E-state index is 11.0. The highest BCUT2D eigenvalue weighted by Gasteiger charge is 2.17. The molecule has 27 heavy (non-hydrogen) atoms. The molecule has 0 radical (unpaired) electrons. The number of allylic oxidation sites excluding steroid dienone is 1. The first-order valence-electron chi connectivity index (χ1n) is 7.86. The zero-order chi connectivity index (χ0) is 19.4. The fraction of sp³-hybridized carbons (Fsp3) is 0.111. The molecule has 0 saturated heterocycles. The Morgan fingerprint density at radius 3 is 2.56 bits per heavy atom. The molecule has 0 saturated carbocycles. The van der Waals surface area contributed by atoms with Crippen LogP contribution in [0, 0.1) is 10.1 Å². The van der Waals surface area contributed by atoms with Gasteiger partial charge in [-0.3, -0.25) is 14.7 Å². The van der Waals surface area contributed by atoms with Gasteiger partial charge in [0.2, 0.25) is 0 Å². The summed E-state index contributed by atoms with van der Waals surface area (Å²) < 4.78 is 1.85. The highest BCUT2D eigenvalue weighted by molar-refractivity contribution is 7.98. The zero-order valence-corrected chi connectivity index (χ0v) is 16.3. The molecule has 0 amide bonds. The molecule has 0 atom stereocenters. The average molecular weight is 421 g/mol. The van der Waals surface area contributed by atoms with Gasteiger partial charge in [0.1, 0.15) is 0 Å². The Balaban J connectivity index is 1.93. The van der Waals surface area contributed by atoms with Gasteiger partial charge in [-0.15, -0.1) is 16.8 Å². The molecule has 0 unspecified atom stereocenters. The first kappa shape index (κ1) is 19.4. The minimum absolute atomic E-state index is 0.00212. The third-order valence-electron chi connectivity index (χ3n) is 3.75. The predicted molar refractivity (Wildman–Crippen MR) is 108 cm³/mol. The smallest absolute Gasteiger partial charge is 0.270 e. The van der Waals surface area contributed by atoms with E-state index < -0.39 is 4.92 Å². The van der Waals surface area contributed by atoms with Crippen LogP contribution in [0.15, 0.2) is 60.3 Å². The second kappa shape index (κ2) is 8.56. The third-order valence-corrected chi connectivity index (χ3v) is 5.45. The van der Waals surface area contributed by atoms with Crippen molar-refractivity contribution in [1.29, 1.82) is 0 Å². The maximum atomic E-state index is 11.0. The van der Waals surface area contributed by atoms with Gasteiger partial charge in [0, 0.05) is 40.0 Å². The van der Waals surface area contributed by atoms with Crippen LogP contribution in [-0.4, -0.2) is 19.7 Å². The predicted octanol–water partition coefficient (Wildman–Crippen LogP) is 5.64. The summed E-state index contributed by atoms with van der Waals surface area (Å²) in [6.07, 6.45) is 1.72. The maximum Gasteiger partial charge on any atom is 0.270 e. The molecule has 3 aromatic rings. The van der Waals surface area contributed by atoms with Gasteiger partial charge in [-0.05, 0) is 17.7 Å². The molecule has 3 rings (SSSR count). The second-order valence-corrected chi connectivity index (χ2v) is 7.26. The lowest BCUT2D eigenvalue weighted by Crippen LogP contribution is -2.01. The molecule has 0 aliphatic heterocycles. The molecule has 6 nitrogen and oxygen atoms in total. The summed E-state index contributed by atoms with van der Waals surface area (Å²) in [5, 5.41) is 21.3. The topological polar surface area (TPSA) is 73.8 Å². The highest BCUT2D eigenvalue weighted by atomic mass is 35.5. The summed E-state index contributed by atoms with van der Waals surface area (Å²) in [7, 11) is 0. The van der Waals surface area contributed by atoms with Crippen LogP contribution in [0.4, 0.5) is 5.69 Å². The SMILES string of the molecule is C=CCn1c(SCc2c(Cl)cccc2Cl)nnc1-c1cccc([N+](=O)[O-])c1. The molecule has 0 fully saturated rings. The molecule has 1 heterocycles. The van der Waals surface area contributed by atoms with Gasteiger partial charge < -0.3 is 0 Å². The number of nitrogens with zero attached hydrogens (tertiary/aromatic N) is 4. The van der Waals surface area contributed by atoms with Crippen molar-refractivity contribution in [1.82, 2.24) is 14.8 Å². The summed E-state index contributed by atoms with van der Waals surface area (Å²) in [6, 6.07) is 11.7. The molecule has 0 aliphatic rings. The van der Waals surface area contributed by atoms with Crippen LogP contribution in [0.25, 0.3) is 11.4 Å². The van der Waals surface area contributed by atoms with E-state index in [9.17, 15) is 10.1 Å². The molecule has 2 aromatic carbocycles. The molecule has 0 aliphatic carbocycles. The van der Waals surface area contributed by atoms with Gasteiger partial charge in [-0.2, -0.15) is 0 Å². The van der Waals surface area contributed by atoms with E-state index in [1.165, 1.54) is 23.9 Å². The Labute approximate surface area is 170 Å². The number of benzene rings is 2. The Bertz CT molecular complexity index is 987. The van der Waals surface area contributed by atoms with Crippen LogP contribution >= 0.6 is 35.0 Å². The number of nitro groups is 1. The first-order chi connectivity index (χ1) is 13.0. The van der Waals surface area contributed by atoms with Crippen LogP contribution in [-0.2, 0) is 12.3 Å². The van der Waals surface area contributed by atoms with Crippen molar-refractivity contribution in [2.75, 3.05) is 0 Å². The van der Waals surface area contributed by atoms with Crippen molar-refractivity contribution < 1.29 is 4.92 Å². The number of non-ortho nitro benzene ring substituents is 1. The van der Waals surface area contributed by atoms with Gasteiger partial charge in [-0.1, -0.05) is 59.2 Å². The highest BCUT2D eigenvalue weighted by Crippen LogP contribution is 2.32. The monoisotopic (exact) mass is 420 g/mol. The molecule has 0 bridgehead atoms. The molecule has 0 spiro atoms. The number of thioether (sulfide) groups is 1. The lowest BCUT2D eigenvalue weighted by atomic mass is 10.2. The summed E-state index contributed by atoms with van der Waals surface area (Å²) in [5.41, 5.74) is 1.43. The van der Waals surface area contributed by atoms with Gasteiger partial charge in [0.25, 0.3) is 5.69 Å². The van der Waals surface area contributed by atoms with Gasteiger partial charge in [-0.25, -0.2) is 0 Å². The van der Waals surface area contributed by atoms with E-state index in [-0.39, 0.29) is 5.69 Å². The van der Waals surface area contributed by atoms with Crippen LogP contribution in [0.5, 0.6) is 0 Å². The number of halogens is 2. The summed E-state index contributed by atoms with van der Waals surface area (Å²) in [4.78, 5) is 10.6. The second-order valence-electron chi connectivity index (χ2n) is 5.50. The Morgan fingerprint density at radius 2 is 1.89 bits per heavy atom. The van der Waals surface area contributed by atoms with Crippen molar-refractivity contribution >= 4 is 40.7 Å². The molecular weight excluding hydrogens is 407 g/mol. The van der Waals surface area contributed by atoms with Crippen LogP contribution in [0.3, 0.4) is 0 Å². The van der Waals surface area contributed by atoms with E-state index in [4.69, 9.17) is 23.2 Å². The van der Waals surface area contributed by atoms with Crippen molar-refractivity contribution in [3.8, 4) is 11.4 Å². The minimum atomic E-state index is -0.438. The zero-order valence-electron chi connectivity index (χ0n) is 14.0. The molecule has 138 valence electrons. The van der Waals surface area contributed by atoms with Crippen molar-refractivity contribution in [3.05, 3.63) is 80.8 Å². The van der Waals surface area contributed by atoms with Crippen molar-refractivity contribution in [2.24, 2.45) is 0 Å². The molecule has 9 heteroatoms. The van der Waals surface area contributed by atoms with Crippen LogP contribution in [0.2, 0.25) is 10.0 Å². The van der Waals surface area contributed by atoms with E-state index in [0.29, 0.717) is 38.9 Å². The normalized spacial score (nSPS) is 10.7. The first-order valence-corrected chi connectivity index (χ1v) is 9.60. The minimum Gasteiger partial charge on any atom is -0.298 e. The van der Waals surface area contributed by atoms with E-state index in [1.54, 1.807) is 36.4 Å². The molecule has 0 N–H and O–H groups in total. The average Bonchev–Trinajstić information content (AvgIpc) is 3.04. The summed E-state index contributed by atoms with van der Waals surface area (Å²) in [6.45, 7) is 4.23. The van der Waals surface area contributed by atoms with Crippen molar-refractivity contribution in [3.63, 3.8) is 0 Å². The molecular formula is C18H14Cl2N4O2S. The lowest BCUT2D eigenvalue weighted by Gasteiger charge is -2.09. The summed E-state index contributed by atoms with van der Waals surface area (Å²) in [5.74, 6) is 1.05. The number of hydrogen-bond donors (Lipinski definition) is 0. The summed E-state index contributed by atoms with van der Waals surface area (Å²) >= 11 is 13.9. The Kier molecular flexibility index (Phi) is 6.15. The Hall–Kier alpha value is -2.35. The number of hydrogen-bond acceptors (Lipinski definition) is 5. The van der Waals surface area contributed by atoms with Gasteiger partial charge in [0.15, 0.2) is 11.0 Å².